The van der Waals surface area contributed by atoms with Gasteiger partial charge >= 0.3 is 6.03 Å². The third-order valence-electron chi connectivity index (χ3n) is 3.52. The normalized spacial score (nSPS) is 16.6. The van der Waals surface area contributed by atoms with Gasteiger partial charge < -0.3 is 16.4 Å². The zero-order valence-corrected chi connectivity index (χ0v) is 12.2. The van der Waals surface area contributed by atoms with Crippen LogP contribution in [0.3, 0.4) is 0 Å². The summed E-state index contributed by atoms with van der Waals surface area (Å²) in [7, 11) is 0. The van der Waals surface area contributed by atoms with E-state index in [1.807, 2.05) is 11.8 Å². The van der Waals surface area contributed by atoms with E-state index in [-0.39, 0.29) is 24.5 Å². The maximum atomic E-state index is 11.9. The smallest absolute Gasteiger partial charge is 0.319 e. The molecule has 2 heterocycles. The minimum Gasteiger partial charge on any atom is -0.369 e. The Balaban J connectivity index is 1.72. The Kier molecular flexibility index (Phi) is 5.15. The molecule has 2 rings (SSSR count). The molecule has 1 aromatic rings. The van der Waals surface area contributed by atoms with Crippen LogP contribution >= 0.6 is 0 Å². The van der Waals surface area contributed by atoms with Crippen LogP contribution in [0.4, 0.5) is 10.5 Å². The number of amides is 3. The van der Waals surface area contributed by atoms with Crippen molar-refractivity contribution in [2.45, 2.75) is 32.4 Å². The van der Waals surface area contributed by atoms with E-state index in [0.717, 1.165) is 32.5 Å². The van der Waals surface area contributed by atoms with Crippen molar-refractivity contribution in [2.24, 2.45) is 5.73 Å². The molecule has 0 aromatic carbocycles. The van der Waals surface area contributed by atoms with Gasteiger partial charge in [-0.05, 0) is 19.8 Å². The van der Waals surface area contributed by atoms with E-state index in [4.69, 9.17) is 5.73 Å². The highest BCUT2D eigenvalue weighted by atomic mass is 16.2. The van der Waals surface area contributed by atoms with Crippen LogP contribution in [0.5, 0.6) is 0 Å². The van der Waals surface area contributed by atoms with Crippen LogP contribution in [-0.4, -0.2) is 52.3 Å². The largest absolute Gasteiger partial charge is 0.369 e. The van der Waals surface area contributed by atoms with Crippen molar-refractivity contribution in [1.82, 2.24) is 20.0 Å². The number of carbonyl (C=O) groups excluding carboxylic acids is 2. The van der Waals surface area contributed by atoms with E-state index < -0.39 is 0 Å². The fraction of sp³-hybridized carbons (Fsp3) is 0.615. The van der Waals surface area contributed by atoms with E-state index in [2.05, 4.69) is 15.7 Å². The highest BCUT2D eigenvalue weighted by molar-refractivity contribution is 5.89. The number of nitrogens with one attached hydrogen (secondary N) is 2. The van der Waals surface area contributed by atoms with Crippen molar-refractivity contribution in [1.29, 1.82) is 0 Å². The number of aryl methyl sites for hydroxylation is 1. The number of anilines is 1. The summed E-state index contributed by atoms with van der Waals surface area (Å²) < 4.78 is 1.75. The average Bonchev–Trinajstić information content (AvgIpc) is 2.88. The van der Waals surface area contributed by atoms with Gasteiger partial charge in [0.05, 0.1) is 18.4 Å². The molecule has 0 radical (unpaired) electrons. The molecule has 116 valence electrons. The number of hydrogen-bond acceptors (Lipinski definition) is 4. The number of aromatic nitrogens is 2. The lowest BCUT2D eigenvalue weighted by Crippen LogP contribution is -2.47. The monoisotopic (exact) mass is 294 g/mol. The summed E-state index contributed by atoms with van der Waals surface area (Å²) in [6, 6.07) is -0.102. The Morgan fingerprint density at radius 1 is 1.43 bits per heavy atom. The molecule has 1 aliphatic heterocycles. The first-order valence-electron chi connectivity index (χ1n) is 7.17. The quantitative estimate of drug-likeness (QED) is 0.709. The molecule has 0 atom stereocenters. The van der Waals surface area contributed by atoms with Crippen molar-refractivity contribution in [3.05, 3.63) is 12.4 Å². The molecule has 0 saturated carbocycles. The van der Waals surface area contributed by atoms with Gasteiger partial charge in [0.15, 0.2) is 0 Å². The second kappa shape index (κ2) is 7.07. The molecule has 0 aliphatic carbocycles. The molecule has 8 heteroatoms. The number of carbonyl (C=O) groups is 2. The van der Waals surface area contributed by atoms with Crippen molar-refractivity contribution < 1.29 is 9.59 Å². The number of likely N-dealkylation sites (tertiary alicyclic amines) is 1. The standard InChI is InChI=1S/C13H22N6O2/c1-2-19-8-11(7-15-19)17-13(21)16-10-3-5-18(6-4-10)9-12(14)20/h7-8,10H,2-6,9H2,1H3,(H2,14,20)(H2,16,17,21). The van der Waals surface area contributed by atoms with Crippen molar-refractivity contribution in [2.75, 3.05) is 25.0 Å². The van der Waals surface area contributed by atoms with E-state index in [0.29, 0.717) is 5.69 Å². The van der Waals surface area contributed by atoms with Crippen LogP contribution in [-0.2, 0) is 11.3 Å². The first-order valence-corrected chi connectivity index (χ1v) is 7.17. The SMILES string of the molecule is CCn1cc(NC(=O)NC2CCN(CC(N)=O)CC2)cn1. The third-order valence-corrected chi connectivity index (χ3v) is 3.52. The summed E-state index contributed by atoms with van der Waals surface area (Å²) in [4.78, 5) is 24.7. The molecule has 1 fully saturated rings. The predicted octanol–water partition coefficient (Wildman–Crippen LogP) is -0.0258. The maximum Gasteiger partial charge on any atom is 0.319 e. The maximum absolute atomic E-state index is 11.9. The topological polar surface area (TPSA) is 105 Å². The number of rotatable bonds is 5. The number of hydrogen-bond donors (Lipinski definition) is 3. The van der Waals surface area contributed by atoms with Crippen LogP contribution in [0.25, 0.3) is 0 Å². The van der Waals surface area contributed by atoms with E-state index in [1.54, 1.807) is 17.1 Å². The zero-order chi connectivity index (χ0) is 15.2. The molecule has 1 aliphatic rings. The van der Waals surface area contributed by atoms with Crippen LogP contribution < -0.4 is 16.4 Å². The minimum absolute atomic E-state index is 0.121. The third kappa shape index (κ3) is 4.75. The lowest BCUT2D eigenvalue weighted by atomic mass is 10.1. The Morgan fingerprint density at radius 2 is 2.14 bits per heavy atom. The number of nitrogens with two attached hydrogens (primary N) is 1. The summed E-state index contributed by atoms with van der Waals surface area (Å²) >= 11 is 0. The Bertz CT molecular complexity index is 493. The molecular weight excluding hydrogens is 272 g/mol. The minimum atomic E-state index is -0.313. The van der Waals surface area contributed by atoms with Crippen molar-refractivity contribution >= 4 is 17.6 Å². The molecule has 0 unspecified atom stereocenters. The number of piperidine rings is 1. The van der Waals surface area contributed by atoms with Gasteiger partial charge in [-0.25, -0.2) is 4.79 Å². The van der Waals surface area contributed by atoms with Gasteiger partial charge in [0.1, 0.15) is 0 Å². The van der Waals surface area contributed by atoms with Gasteiger partial charge in [-0.3, -0.25) is 14.4 Å². The lowest BCUT2D eigenvalue weighted by molar-refractivity contribution is -0.119. The van der Waals surface area contributed by atoms with E-state index >= 15 is 0 Å². The lowest BCUT2D eigenvalue weighted by Gasteiger charge is -2.31. The Hall–Kier alpha value is -2.09. The van der Waals surface area contributed by atoms with Crippen molar-refractivity contribution in [3.8, 4) is 0 Å². The van der Waals surface area contributed by atoms with Gasteiger partial charge in [-0.2, -0.15) is 5.10 Å². The highest BCUT2D eigenvalue weighted by Gasteiger charge is 2.21. The van der Waals surface area contributed by atoms with E-state index in [1.165, 1.54) is 0 Å². The number of primary amides is 1. The summed E-state index contributed by atoms with van der Waals surface area (Å²) in [6.45, 7) is 4.57. The van der Waals surface area contributed by atoms with Crippen LogP contribution in [0, 0.1) is 0 Å². The first kappa shape index (κ1) is 15.3. The van der Waals surface area contributed by atoms with Crippen molar-refractivity contribution in [3.63, 3.8) is 0 Å². The fourth-order valence-corrected chi connectivity index (χ4v) is 2.41. The zero-order valence-electron chi connectivity index (χ0n) is 12.2. The van der Waals surface area contributed by atoms with E-state index in [9.17, 15) is 9.59 Å². The van der Waals surface area contributed by atoms with Crippen LogP contribution in [0.2, 0.25) is 0 Å². The first-order chi connectivity index (χ1) is 10.1. The summed E-state index contributed by atoms with van der Waals surface area (Å²) in [5, 5.41) is 9.80. The number of urea groups is 1. The van der Waals surface area contributed by atoms with Crippen LogP contribution in [0.1, 0.15) is 19.8 Å². The summed E-state index contributed by atoms with van der Waals surface area (Å²) in [5.41, 5.74) is 5.85. The van der Waals surface area contributed by atoms with Gasteiger partial charge in [-0.15, -0.1) is 0 Å². The Morgan fingerprint density at radius 3 is 2.71 bits per heavy atom. The van der Waals surface area contributed by atoms with Gasteiger partial charge in [0.2, 0.25) is 5.91 Å². The molecule has 0 spiro atoms. The molecule has 21 heavy (non-hydrogen) atoms. The van der Waals surface area contributed by atoms with Gasteiger partial charge in [0, 0.05) is 31.9 Å². The number of nitrogens with zero attached hydrogens (tertiary/aromatic N) is 3. The summed E-state index contributed by atoms with van der Waals surface area (Å²) in [5.74, 6) is -0.313. The molecule has 1 saturated heterocycles. The molecule has 1 aromatic heterocycles. The summed E-state index contributed by atoms with van der Waals surface area (Å²) in [6.07, 6.45) is 5.04. The van der Waals surface area contributed by atoms with Gasteiger partial charge in [0.25, 0.3) is 0 Å². The molecule has 4 N–H and O–H groups in total. The highest BCUT2D eigenvalue weighted by Crippen LogP contribution is 2.10. The second-order valence-electron chi connectivity index (χ2n) is 5.20. The van der Waals surface area contributed by atoms with Gasteiger partial charge in [-0.1, -0.05) is 0 Å². The van der Waals surface area contributed by atoms with Crippen LogP contribution in [0.15, 0.2) is 12.4 Å². The Labute approximate surface area is 123 Å². The second-order valence-corrected chi connectivity index (χ2v) is 5.20. The molecule has 0 bridgehead atoms. The molecular formula is C13H22N6O2. The predicted molar refractivity (Wildman–Crippen MR) is 78.7 cm³/mol. The average molecular weight is 294 g/mol. The molecule has 3 amide bonds. The fourth-order valence-electron chi connectivity index (χ4n) is 2.41. The molecule has 8 nitrogen and oxygen atoms in total.